The van der Waals surface area contributed by atoms with Gasteiger partial charge in [0.05, 0.1) is 7.11 Å². The molecule has 1 aromatic carbocycles. The van der Waals surface area contributed by atoms with Crippen molar-refractivity contribution in [3.8, 4) is 5.75 Å². The number of fused-ring (bicyclic) bond motifs is 1. The van der Waals surface area contributed by atoms with Crippen molar-refractivity contribution in [2.45, 2.75) is 12.5 Å². The minimum absolute atomic E-state index is 0.0773. The Kier molecular flexibility index (Phi) is 3.79. The Balaban J connectivity index is 2.26. The molecule has 4 N–H and O–H groups in total. The highest BCUT2D eigenvalue weighted by molar-refractivity contribution is 5.86. The number of benzene rings is 1. The molecule has 2 rings (SSSR count). The fraction of sp³-hybridized carbons (Fsp3) is 0.231. The van der Waals surface area contributed by atoms with Crippen molar-refractivity contribution in [1.82, 2.24) is 10.3 Å². The Hall–Kier alpha value is -2.70. The Morgan fingerprint density at radius 3 is 2.85 bits per heavy atom. The maximum Gasteiger partial charge on any atom is 0.407 e. The van der Waals surface area contributed by atoms with Gasteiger partial charge in [0.1, 0.15) is 11.8 Å². The molecular weight excluding hydrogens is 264 g/mol. The number of alkyl carbamates (subject to hydrolysis) is 1. The molecule has 0 aliphatic rings. The molecule has 7 nitrogen and oxygen atoms in total. The summed E-state index contributed by atoms with van der Waals surface area (Å²) in [5.41, 5.74) is 1.46. The third-order valence-corrected chi connectivity index (χ3v) is 2.95. The number of carbonyl (C=O) groups excluding carboxylic acids is 1. The lowest BCUT2D eigenvalue weighted by Crippen LogP contribution is -2.42. The first-order valence-corrected chi connectivity index (χ1v) is 5.87. The van der Waals surface area contributed by atoms with E-state index in [2.05, 4.69) is 15.0 Å². The molecular formula is C13H14N2O5. The summed E-state index contributed by atoms with van der Waals surface area (Å²) < 4.78 is 4.40. The van der Waals surface area contributed by atoms with E-state index in [9.17, 15) is 14.7 Å². The summed E-state index contributed by atoms with van der Waals surface area (Å²) in [5, 5.41) is 21.6. The second-order valence-corrected chi connectivity index (χ2v) is 4.27. The van der Waals surface area contributed by atoms with Gasteiger partial charge < -0.3 is 25.3 Å². The van der Waals surface area contributed by atoms with Crippen molar-refractivity contribution in [3.63, 3.8) is 0 Å². The highest BCUT2D eigenvalue weighted by atomic mass is 16.5. The maximum absolute atomic E-state index is 11.2. The van der Waals surface area contributed by atoms with E-state index < -0.39 is 18.1 Å². The number of aromatic hydroxyl groups is 1. The van der Waals surface area contributed by atoms with Gasteiger partial charge in [-0.25, -0.2) is 9.59 Å². The number of rotatable bonds is 4. The van der Waals surface area contributed by atoms with Crippen LogP contribution in [-0.2, 0) is 16.0 Å². The molecule has 0 saturated carbocycles. The molecule has 1 atom stereocenters. The van der Waals surface area contributed by atoms with Crippen LogP contribution in [0.1, 0.15) is 5.56 Å². The van der Waals surface area contributed by atoms with Crippen LogP contribution in [0.3, 0.4) is 0 Å². The minimum atomic E-state index is -1.16. The van der Waals surface area contributed by atoms with Gasteiger partial charge in [0.25, 0.3) is 0 Å². The number of carboxylic acid groups (broad SMARTS) is 1. The molecule has 0 spiro atoms. The first kappa shape index (κ1) is 13.7. The summed E-state index contributed by atoms with van der Waals surface area (Å²) in [5.74, 6) is -1.07. The second-order valence-electron chi connectivity index (χ2n) is 4.27. The van der Waals surface area contributed by atoms with Gasteiger partial charge in [0.15, 0.2) is 0 Å². The predicted molar refractivity (Wildman–Crippen MR) is 70.6 cm³/mol. The van der Waals surface area contributed by atoms with Crippen LogP contribution in [0.5, 0.6) is 5.75 Å². The summed E-state index contributed by atoms with van der Waals surface area (Å²) in [6.45, 7) is 0. The highest BCUT2D eigenvalue weighted by Gasteiger charge is 2.22. The lowest BCUT2D eigenvalue weighted by molar-refractivity contribution is -0.139. The number of nitrogens with one attached hydrogen (secondary N) is 2. The zero-order chi connectivity index (χ0) is 14.7. The van der Waals surface area contributed by atoms with Gasteiger partial charge in [-0.2, -0.15) is 0 Å². The molecule has 7 heteroatoms. The Labute approximate surface area is 114 Å². The third kappa shape index (κ3) is 2.82. The molecule has 20 heavy (non-hydrogen) atoms. The minimum Gasteiger partial charge on any atom is -0.508 e. The molecule has 106 valence electrons. The first-order valence-electron chi connectivity index (χ1n) is 5.87. The molecule has 0 aliphatic heterocycles. The van der Waals surface area contributed by atoms with Crippen LogP contribution in [0, 0.1) is 0 Å². The lowest BCUT2D eigenvalue weighted by atomic mass is 10.0. The number of phenolic OH excluding ortho intramolecular Hbond substituents is 1. The van der Waals surface area contributed by atoms with Crippen LogP contribution in [0.2, 0.25) is 0 Å². The van der Waals surface area contributed by atoms with Crippen molar-refractivity contribution in [1.29, 1.82) is 0 Å². The van der Waals surface area contributed by atoms with Crippen molar-refractivity contribution < 1.29 is 24.5 Å². The second kappa shape index (κ2) is 5.52. The van der Waals surface area contributed by atoms with Gasteiger partial charge in [-0.3, -0.25) is 0 Å². The van der Waals surface area contributed by atoms with Crippen LogP contribution in [0.15, 0.2) is 24.4 Å². The van der Waals surface area contributed by atoms with Gasteiger partial charge >= 0.3 is 12.1 Å². The Morgan fingerprint density at radius 1 is 1.45 bits per heavy atom. The number of aromatic nitrogens is 1. The van der Waals surface area contributed by atoms with E-state index in [1.165, 1.54) is 12.1 Å². The van der Waals surface area contributed by atoms with E-state index in [0.29, 0.717) is 10.9 Å². The molecule has 2 aromatic rings. The van der Waals surface area contributed by atoms with Crippen LogP contribution in [0.4, 0.5) is 4.79 Å². The smallest absolute Gasteiger partial charge is 0.407 e. The number of hydrogen-bond donors (Lipinski definition) is 4. The number of methoxy groups -OCH3 is 1. The monoisotopic (exact) mass is 278 g/mol. The zero-order valence-corrected chi connectivity index (χ0v) is 10.7. The molecule has 0 bridgehead atoms. The van der Waals surface area contributed by atoms with E-state index in [1.807, 2.05) is 0 Å². The molecule has 1 amide bonds. The van der Waals surface area contributed by atoms with Crippen molar-refractivity contribution >= 4 is 23.0 Å². The summed E-state index contributed by atoms with van der Waals surface area (Å²) >= 11 is 0. The molecule has 0 radical (unpaired) electrons. The fourth-order valence-electron chi connectivity index (χ4n) is 1.96. The van der Waals surface area contributed by atoms with Gasteiger partial charge in [-0.1, -0.05) is 0 Å². The van der Waals surface area contributed by atoms with Crippen molar-refractivity contribution in [2.24, 2.45) is 0 Å². The molecule has 1 heterocycles. The largest absolute Gasteiger partial charge is 0.508 e. The SMILES string of the molecule is COC(=O)N[C@H](Cc1c[nH]c2ccc(O)cc12)C(=O)O. The van der Waals surface area contributed by atoms with E-state index in [1.54, 1.807) is 12.3 Å². The van der Waals surface area contributed by atoms with E-state index in [4.69, 9.17) is 5.11 Å². The van der Waals surface area contributed by atoms with Crippen LogP contribution >= 0.6 is 0 Å². The van der Waals surface area contributed by atoms with Gasteiger partial charge in [0, 0.05) is 23.5 Å². The number of aliphatic carboxylic acids is 1. The van der Waals surface area contributed by atoms with Crippen LogP contribution in [-0.4, -0.2) is 40.4 Å². The average molecular weight is 278 g/mol. The quantitative estimate of drug-likeness (QED) is 0.672. The maximum atomic E-state index is 11.2. The van der Waals surface area contributed by atoms with E-state index >= 15 is 0 Å². The number of carboxylic acids is 1. The van der Waals surface area contributed by atoms with Gasteiger partial charge in [-0.15, -0.1) is 0 Å². The Morgan fingerprint density at radius 2 is 2.20 bits per heavy atom. The normalized spacial score (nSPS) is 12.1. The number of carbonyl (C=O) groups is 2. The molecule has 0 unspecified atom stereocenters. The highest BCUT2D eigenvalue weighted by Crippen LogP contribution is 2.23. The summed E-state index contributed by atoms with van der Waals surface area (Å²) in [6, 6.07) is 3.66. The van der Waals surface area contributed by atoms with Crippen LogP contribution < -0.4 is 5.32 Å². The van der Waals surface area contributed by atoms with Crippen LogP contribution in [0.25, 0.3) is 10.9 Å². The fourth-order valence-corrected chi connectivity index (χ4v) is 1.96. The number of hydrogen-bond acceptors (Lipinski definition) is 4. The van der Waals surface area contributed by atoms with E-state index in [0.717, 1.165) is 12.6 Å². The van der Waals surface area contributed by atoms with Crippen molar-refractivity contribution in [2.75, 3.05) is 7.11 Å². The standard InChI is InChI=1S/C13H14N2O5/c1-20-13(19)15-11(12(17)18)4-7-6-14-10-3-2-8(16)5-9(7)10/h2-3,5-6,11,14,16H,4H2,1H3,(H,15,19)(H,17,18)/t11-/m1/s1. The number of phenols is 1. The molecule has 0 saturated heterocycles. The molecule has 0 fully saturated rings. The Bertz CT molecular complexity index is 649. The topological polar surface area (TPSA) is 112 Å². The summed E-state index contributed by atoms with van der Waals surface area (Å²) in [4.78, 5) is 25.3. The number of ether oxygens (including phenoxy) is 1. The zero-order valence-electron chi connectivity index (χ0n) is 10.7. The van der Waals surface area contributed by atoms with Gasteiger partial charge in [-0.05, 0) is 23.8 Å². The van der Waals surface area contributed by atoms with Crippen molar-refractivity contribution in [3.05, 3.63) is 30.0 Å². The number of aromatic amines is 1. The third-order valence-electron chi connectivity index (χ3n) is 2.95. The van der Waals surface area contributed by atoms with Gasteiger partial charge in [0.2, 0.25) is 0 Å². The molecule has 0 aliphatic carbocycles. The summed E-state index contributed by atoms with van der Waals surface area (Å²) in [6.07, 6.45) is 0.924. The average Bonchev–Trinajstić information content (AvgIpc) is 2.80. The number of H-pyrrole nitrogens is 1. The van der Waals surface area contributed by atoms with E-state index in [-0.39, 0.29) is 12.2 Å². The number of amides is 1. The predicted octanol–water partition coefficient (Wildman–Crippen LogP) is 1.23. The lowest BCUT2D eigenvalue weighted by Gasteiger charge is -2.13. The molecule has 1 aromatic heterocycles. The summed E-state index contributed by atoms with van der Waals surface area (Å²) in [7, 11) is 1.16. The first-order chi connectivity index (χ1) is 9.51.